The lowest BCUT2D eigenvalue weighted by Gasteiger charge is -2.23. The van der Waals surface area contributed by atoms with Crippen LogP contribution in [0.25, 0.3) is 5.57 Å². The second kappa shape index (κ2) is 6.56. The lowest BCUT2D eigenvalue weighted by molar-refractivity contribution is -0.126. The van der Waals surface area contributed by atoms with Crippen molar-refractivity contribution in [1.29, 1.82) is 0 Å². The molecule has 1 aromatic carbocycles. The van der Waals surface area contributed by atoms with Crippen molar-refractivity contribution in [2.75, 3.05) is 6.54 Å². The molecule has 1 aliphatic heterocycles. The minimum Gasteiger partial charge on any atom is -0.331 e. The van der Waals surface area contributed by atoms with Crippen molar-refractivity contribution in [2.45, 2.75) is 25.8 Å². The number of benzene rings is 1. The van der Waals surface area contributed by atoms with Gasteiger partial charge in [0.25, 0.3) is 0 Å². The Morgan fingerprint density at radius 1 is 1.18 bits per heavy atom. The zero-order valence-electron chi connectivity index (χ0n) is 12.8. The van der Waals surface area contributed by atoms with Gasteiger partial charge in [-0.2, -0.15) is 0 Å². The van der Waals surface area contributed by atoms with Crippen molar-refractivity contribution < 1.29 is 4.79 Å². The van der Waals surface area contributed by atoms with E-state index in [1.54, 1.807) is 12.3 Å². The number of hydrogen-bond donors (Lipinski definition) is 0. The Morgan fingerprint density at radius 3 is 2.68 bits per heavy atom. The van der Waals surface area contributed by atoms with Gasteiger partial charge in [0, 0.05) is 18.8 Å². The minimum atomic E-state index is 0.0782. The number of nitrogens with zero attached hydrogens (tertiary/aromatic N) is 2. The van der Waals surface area contributed by atoms with Crippen LogP contribution < -0.4 is 0 Å². The summed E-state index contributed by atoms with van der Waals surface area (Å²) < 4.78 is 0. The molecule has 1 aliphatic rings. The predicted molar refractivity (Wildman–Crippen MR) is 88.0 cm³/mol. The number of likely N-dealkylation sites (tertiary alicyclic amines) is 1. The predicted octanol–water partition coefficient (Wildman–Crippen LogP) is 3.85. The first-order chi connectivity index (χ1) is 10.8. The molecule has 0 N–H and O–H groups in total. The number of pyridine rings is 1. The summed E-state index contributed by atoms with van der Waals surface area (Å²) in [5.74, 6) is 0.0782. The quantitative estimate of drug-likeness (QED) is 0.805. The number of hydrogen-bond acceptors (Lipinski definition) is 2. The fourth-order valence-corrected chi connectivity index (χ4v) is 2.96. The summed E-state index contributed by atoms with van der Waals surface area (Å²) in [6, 6.07) is 16.0. The maximum absolute atomic E-state index is 12.6. The van der Waals surface area contributed by atoms with Crippen LogP contribution >= 0.6 is 0 Å². The van der Waals surface area contributed by atoms with E-state index in [0.29, 0.717) is 0 Å². The van der Waals surface area contributed by atoms with Crippen LogP contribution in [0.15, 0.2) is 60.8 Å². The van der Waals surface area contributed by atoms with Crippen LogP contribution in [0.3, 0.4) is 0 Å². The van der Waals surface area contributed by atoms with E-state index in [4.69, 9.17) is 0 Å². The van der Waals surface area contributed by atoms with Crippen LogP contribution in [0, 0.1) is 0 Å². The molecule has 1 aromatic heterocycles. The second-order valence-corrected chi connectivity index (χ2v) is 5.64. The fourth-order valence-electron chi connectivity index (χ4n) is 2.96. The molecule has 0 aliphatic carbocycles. The number of carbonyl (C=O) groups is 1. The lowest BCUT2D eigenvalue weighted by Crippen LogP contribution is -2.29. The van der Waals surface area contributed by atoms with Crippen LogP contribution in [-0.2, 0) is 4.79 Å². The third-order valence-electron chi connectivity index (χ3n) is 4.13. The van der Waals surface area contributed by atoms with Crippen LogP contribution in [-0.4, -0.2) is 22.3 Å². The van der Waals surface area contributed by atoms with Crippen LogP contribution in [0.1, 0.15) is 37.1 Å². The Hall–Kier alpha value is -2.42. The summed E-state index contributed by atoms with van der Waals surface area (Å²) in [6.45, 7) is 2.79. The average Bonchev–Trinajstić information content (AvgIpc) is 3.06. The molecule has 0 radical (unpaired) electrons. The third-order valence-corrected chi connectivity index (χ3v) is 4.13. The van der Waals surface area contributed by atoms with Crippen molar-refractivity contribution in [3.05, 3.63) is 72.1 Å². The van der Waals surface area contributed by atoms with Gasteiger partial charge in [-0.3, -0.25) is 9.78 Å². The number of amides is 1. The van der Waals surface area contributed by atoms with Crippen molar-refractivity contribution in [3.63, 3.8) is 0 Å². The minimum absolute atomic E-state index is 0.0782. The Bertz CT molecular complexity index is 664. The Balaban J connectivity index is 1.80. The summed E-state index contributed by atoms with van der Waals surface area (Å²) in [5.41, 5.74) is 3.07. The van der Waals surface area contributed by atoms with Crippen molar-refractivity contribution in [3.8, 4) is 0 Å². The summed E-state index contributed by atoms with van der Waals surface area (Å²) in [4.78, 5) is 19.0. The molecular formula is C19H20N2O. The maximum atomic E-state index is 12.6. The third kappa shape index (κ3) is 3.08. The van der Waals surface area contributed by atoms with Gasteiger partial charge in [-0.15, -0.1) is 0 Å². The fraction of sp³-hybridized carbons (Fsp3) is 0.263. The summed E-state index contributed by atoms with van der Waals surface area (Å²) >= 11 is 0. The number of aromatic nitrogens is 1. The topological polar surface area (TPSA) is 33.2 Å². The van der Waals surface area contributed by atoms with Crippen molar-refractivity contribution >= 4 is 11.5 Å². The van der Waals surface area contributed by atoms with Gasteiger partial charge in [-0.05, 0) is 43.0 Å². The maximum Gasteiger partial charge on any atom is 0.247 e. The van der Waals surface area contributed by atoms with Crippen LogP contribution in [0.2, 0.25) is 0 Å². The average molecular weight is 292 g/mol. The monoisotopic (exact) mass is 292 g/mol. The molecule has 2 heterocycles. The van der Waals surface area contributed by atoms with E-state index < -0.39 is 0 Å². The van der Waals surface area contributed by atoms with Crippen LogP contribution in [0.5, 0.6) is 0 Å². The van der Waals surface area contributed by atoms with Crippen LogP contribution in [0.4, 0.5) is 0 Å². The molecule has 0 spiro atoms. The van der Waals surface area contributed by atoms with E-state index in [-0.39, 0.29) is 11.9 Å². The molecule has 0 bridgehead atoms. The standard InChI is InChI=1S/C19H20N2O/c1-15(16-8-3-2-4-9-16)14-19(22)21-13-7-11-18(21)17-10-5-6-12-20-17/h2-6,8-10,12,14,18H,7,11,13H2,1H3/b15-14-/t18-/m1/s1. The summed E-state index contributed by atoms with van der Waals surface area (Å²) in [5, 5.41) is 0. The highest BCUT2D eigenvalue weighted by molar-refractivity contribution is 5.95. The van der Waals surface area contributed by atoms with Gasteiger partial charge in [-0.1, -0.05) is 36.4 Å². The molecule has 1 saturated heterocycles. The van der Waals surface area contributed by atoms with Gasteiger partial charge in [0.05, 0.1) is 11.7 Å². The number of allylic oxidation sites excluding steroid dienone is 1. The van der Waals surface area contributed by atoms with Crippen molar-refractivity contribution in [2.24, 2.45) is 0 Å². The van der Waals surface area contributed by atoms with E-state index in [9.17, 15) is 4.79 Å². The van der Waals surface area contributed by atoms with E-state index >= 15 is 0 Å². The zero-order chi connectivity index (χ0) is 15.4. The molecule has 1 atom stereocenters. The highest BCUT2D eigenvalue weighted by Crippen LogP contribution is 2.31. The largest absolute Gasteiger partial charge is 0.331 e. The highest BCUT2D eigenvalue weighted by Gasteiger charge is 2.29. The first-order valence-corrected chi connectivity index (χ1v) is 7.71. The summed E-state index contributed by atoms with van der Waals surface area (Å²) in [6.07, 6.45) is 5.56. The molecule has 3 heteroatoms. The smallest absolute Gasteiger partial charge is 0.247 e. The summed E-state index contributed by atoms with van der Waals surface area (Å²) in [7, 11) is 0. The Morgan fingerprint density at radius 2 is 1.95 bits per heavy atom. The molecule has 112 valence electrons. The Labute approximate surface area is 131 Å². The molecule has 0 unspecified atom stereocenters. The highest BCUT2D eigenvalue weighted by atomic mass is 16.2. The van der Waals surface area contributed by atoms with Gasteiger partial charge in [0.15, 0.2) is 0 Å². The Kier molecular flexibility index (Phi) is 4.33. The van der Waals surface area contributed by atoms with E-state index in [1.165, 1.54) is 0 Å². The molecule has 3 rings (SSSR count). The normalized spacial score (nSPS) is 18.5. The molecule has 1 fully saturated rings. The molecule has 0 saturated carbocycles. The van der Waals surface area contributed by atoms with E-state index in [1.807, 2.05) is 60.4 Å². The molecular weight excluding hydrogens is 272 g/mol. The molecule has 22 heavy (non-hydrogen) atoms. The zero-order valence-corrected chi connectivity index (χ0v) is 12.8. The van der Waals surface area contributed by atoms with E-state index in [0.717, 1.165) is 36.2 Å². The van der Waals surface area contributed by atoms with Gasteiger partial charge in [0.2, 0.25) is 5.91 Å². The lowest BCUT2D eigenvalue weighted by atomic mass is 10.1. The molecule has 2 aromatic rings. The molecule has 1 amide bonds. The molecule has 3 nitrogen and oxygen atoms in total. The number of rotatable bonds is 3. The number of carbonyl (C=O) groups excluding carboxylic acids is 1. The first kappa shape index (κ1) is 14.5. The van der Waals surface area contributed by atoms with Crippen molar-refractivity contribution in [1.82, 2.24) is 9.88 Å². The van der Waals surface area contributed by atoms with Gasteiger partial charge >= 0.3 is 0 Å². The van der Waals surface area contributed by atoms with E-state index in [2.05, 4.69) is 4.98 Å². The van der Waals surface area contributed by atoms with Gasteiger partial charge in [-0.25, -0.2) is 0 Å². The van der Waals surface area contributed by atoms with Gasteiger partial charge in [0.1, 0.15) is 0 Å². The second-order valence-electron chi connectivity index (χ2n) is 5.64. The first-order valence-electron chi connectivity index (χ1n) is 7.71. The SMILES string of the molecule is C/C(=C/C(=O)N1CCC[C@@H]1c1ccccn1)c1ccccc1. The van der Waals surface area contributed by atoms with Gasteiger partial charge < -0.3 is 4.90 Å².